The Balaban J connectivity index is 1.79. The van der Waals surface area contributed by atoms with Crippen molar-refractivity contribution >= 4 is 35.0 Å². The standard InChI is InChI=1S/C25H24Cl2N4O3/c26-20-7-4-16(15-19(20)21-3-1-2-8-29-21)22-17(5-6-18(23(22)27)24(28)33)25(34)31-11-9-30(10-12-31)13-14-32/h1-8,15,32H,9-14H2,(H2,28,33). The second-order valence-corrected chi connectivity index (χ2v) is 8.77. The first-order valence-electron chi connectivity index (χ1n) is 10.9. The van der Waals surface area contributed by atoms with Gasteiger partial charge in [0, 0.05) is 60.6 Å². The summed E-state index contributed by atoms with van der Waals surface area (Å²) >= 11 is 13.1. The minimum absolute atomic E-state index is 0.0808. The zero-order chi connectivity index (χ0) is 24.2. The molecule has 1 saturated heterocycles. The topological polar surface area (TPSA) is 99.8 Å². The van der Waals surface area contributed by atoms with E-state index in [0.717, 1.165) is 0 Å². The maximum Gasteiger partial charge on any atom is 0.254 e. The zero-order valence-corrected chi connectivity index (χ0v) is 19.9. The van der Waals surface area contributed by atoms with Crippen molar-refractivity contribution < 1.29 is 14.7 Å². The Hall–Kier alpha value is -2.97. The number of aromatic nitrogens is 1. The van der Waals surface area contributed by atoms with Crippen LogP contribution in [0.5, 0.6) is 0 Å². The molecule has 0 unspecified atom stereocenters. The Morgan fingerprint density at radius 2 is 1.74 bits per heavy atom. The second kappa shape index (κ2) is 10.5. The number of nitrogens with zero attached hydrogens (tertiary/aromatic N) is 3. The van der Waals surface area contributed by atoms with Gasteiger partial charge >= 0.3 is 0 Å². The van der Waals surface area contributed by atoms with Crippen molar-refractivity contribution in [1.29, 1.82) is 0 Å². The maximum absolute atomic E-state index is 13.6. The molecule has 2 aromatic carbocycles. The molecule has 3 aromatic rings. The number of aliphatic hydroxyl groups is 1. The van der Waals surface area contributed by atoms with Gasteiger partial charge in [-0.25, -0.2) is 0 Å². The highest BCUT2D eigenvalue weighted by molar-refractivity contribution is 6.37. The van der Waals surface area contributed by atoms with E-state index in [1.165, 1.54) is 6.07 Å². The van der Waals surface area contributed by atoms with E-state index >= 15 is 0 Å². The molecule has 0 saturated carbocycles. The molecule has 176 valence electrons. The van der Waals surface area contributed by atoms with E-state index in [2.05, 4.69) is 9.88 Å². The van der Waals surface area contributed by atoms with E-state index in [9.17, 15) is 14.7 Å². The second-order valence-electron chi connectivity index (χ2n) is 7.98. The van der Waals surface area contributed by atoms with Crippen LogP contribution in [0.4, 0.5) is 0 Å². The van der Waals surface area contributed by atoms with Crippen LogP contribution in [0, 0.1) is 0 Å². The molecular weight excluding hydrogens is 475 g/mol. The SMILES string of the molecule is NC(=O)c1ccc(C(=O)N2CCN(CCO)CC2)c(-c2ccc(Cl)c(-c3ccccn3)c2)c1Cl. The summed E-state index contributed by atoms with van der Waals surface area (Å²) in [6.45, 7) is 3.03. The number of aliphatic hydroxyl groups excluding tert-OH is 1. The fourth-order valence-electron chi connectivity index (χ4n) is 4.11. The van der Waals surface area contributed by atoms with Gasteiger partial charge in [-0.2, -0.15) is 0 Å². The number of rotatable bonds is 6. The molecule has 4 rings (SSSR count). The summed E-state index contributed by atoms with van der Waals surface area (Å²) < 4.78 is 0. The summed E-state index contributed by atoms with van der Waals surface area (Å²) in [4.78, 5) is 33.8. The van der Waals surface area contributed by atoms with Crippen LogP contribution >= 0.6 is 23.2 Å². The van der Waals surface area contributed by atoms with Gasteiger partial charge < -0.3 is 15.7 Å². The number of primary amides is 1. The molecule has 1 aliphatic rings. The third-order valence-corrected chi connectivity index (χ3v) is 6.63. The lowest BCUT2D eigenvalue weighted by Gasteiger charge is -2.34. The summed E-state index contributed by atoms with van der Waals surface area (Å²) in [7, 11) is 0. The van der Waals surface area contributed by atoms with Gasteiger partial charge in [0.25, 0.3) is 5.91 Å². The number of halogens is 2. The Bertz CT molecular complexity index is 1210. The smallest absolute Gasteiger partial charge is 0.254 e. The van der Waals surface area contributed by atoms with Crippen molar-refractivity contribution in [2.45, 2.75) is 0 Å². The molecule has 2 heterocycles. The first-order valence-corrected chi connectivity index (χ1v) is 11.6. The van der Waals surface area contributed by atoms with E-state index < -0.39 is 5.91 Å². The fourth-order valence-corrected chi connectivity index (χ4v) is 4.69. The number of β-amino-alcohol motifs (C(OH)–C–C–N with tert-alkyl or cyclic N) is 1. The number of carbonyl (C=O) groups is 2. The molecule has 2 amide bonds. The number of amides is 2. The van der Waals surface area contributed by atoms with Crippen LogP contribution in [-0.2, 0) is 0 Å². The highest BCUT2D eigenvalue weighted by atomic mass is 35.5. The van der Waals surface area contributed by atoms with Crippen LogP contribution in [0.25, 0.3) is 22.4 Å². The van der Waals surface area contributed by atoms with Crippen LogP contribution in [-0.4, -0.2) is 71.0 Å². The number of carbonyl (C=O) groups excluding carboxylic acids is 2. The molecular formula is C25H24Cl2N4O3. The first kappa shape index (κ1) is 24.2. The normalized spacial score (nSPS) is 14.3. The molecule has 0 atom stereocenters. The molecule has 1 aliphatic heterocycles. The zero-order valence-electron chi connectivity index (χ0n) is 18.4. The van der Waals surface area contributed by atoms with Crippen molar-refractivity contribution in [2.75, 3.05) is 39.3 Å². The molecule has 1 aromatic heterocycles. The third kappa shape index (κ3) is 4.93. The molecule has 0 spiro atoms. The molecule has 0 aliphatic carbocycles. The quantitative estimate of drug-likeness (QED) is 0.540. The Kier molecular flexibility index (Phi) is 7.48. The van der Waals surface area contributed by atoms with Crippen LogP contribution in [0.15, 0.2) is 54.7 Å². The highest BCUT2D eigenvalue weighted by Crippen LogP contribution is 2.38. The van der Waals surface area contributed by atoms with Crippen molar-refractivity contribution in [3.63, 3.8) is 0 Å². The number of hydrogen-bond acceptors (Lipinski definition) is 5. The van der Waals surface area contributed by atoms with Crippen LogP contribution in [0.1, 0.15) is 20.7 Å². The van der Waals surface area contributed by atoms with E-state index in [1.54, 1.807) is 29.3 Å². The molecule has 9 heteroatoms. The Morgan fingerprint density at radius 3 is 2.38 bits per heavy atom. The number of hydrogen-bond donors (Lipinski definition) is 2. The van der Waals surface area contributed by atoms with Crippen molar-refractivity contribution in [3.8, 4) is 22.4 Å². The minimum Gasteiger partial charge on any atom is -0.395 e. The van der Waals surface area contributed by atoms with Gasteiger partial charge in [0.15, 0.2) is 0 Å². The molecule has 3 N–H and O–H groups in total. The molecule has 0 bridgehead atoms. The molecule has 34 heavy (non-hydrogen) atoms. The average Bonchev–Trinajstić information content (AvgIpc) is 2.85. The van der Waals surface area contributed by atoms with Crippen molar-refractivity contribution in [2.24, 2.45) is 5.73 Å². The lowest BCUT2D eigenvalue weighted by molar-refractivity contribution is 0.0615. The predicted molar refractivity (Wildman–Crippen MR) is 133 cm³/mol. The summed E-state index contributed by atoms with van der Waals surface area (Å²) in [5.74, 6) is -0.868. The minimum atomic E-state index is -0.679. The summed E-state index contributed by atoms with van der Waals surface area (Å²) in [6.07, 6.45) is 1.67. The Labute approximate surface area is 207 Å². The van der Waals surface area contributed by atoms with Gasteiger partial charge in [-0.15, -0.1) is 0 Å². The van der Waals surface area contributed by atoms with Crippen LogP contribution in [0.2, 0.25) is 10.0 Å². The summed E-state index contributed by atoms with van der Waals surface area (Å²) in [5.41, 5.74) is 8.45. The predicted octanol–water partition coefficient (Wildman–Crippen LogP) is 3.57. The van der Waals surface area contributed by atoms with Crippen LogP contribution in [0.3, 0.4) is 0 Å². The van der Waals surface area contributed by atoms with Gasteiger partial charge in [0.1, 0.15) is 0 Å². The monoisotopic (exact) mass is 498 g/mol. The lowest BCUT2D eigenvalue weighted by atomic mass is 9.94. The molecule has 0 radical (unpaired) electrons. The number of piperazine rings is 1. The van der Waals surface area contributed by atoms with Gasteiger partial charge in [-0.3, -0.25) is 19.5 Å². The lowest BCUT2D eigenvalue weighted by Crippen LogP contribution is -2.49. The van der Waals surface area contributed by atoms with E-state index in [1.807, 2.05) is 24.3 Å². The summed E-state index contributed by atoms with van der Waals surface area (Å²) in [6, 6.07) is 13.9. The third-order valence-electron chi connectivity index (χ3n) is 5.91. The van der Waals surface area contributed by atoms with Gasteiger partial charge in [0.05, 0.1) is 22.9 Å². The number of nitrogens with two attached hydrogens (primary N) is 1. The van der Waals surface area contributed by atoms with Crippen molar-refractivity contribution in [1.82, 2.24) is 14.8 Å². The summed E-state index contributed by atoms with van der Waals surface area (Å²) in [5, 5.41) is 9.79. The van der Waals surface area contributed by atoms with Gasteiger partial charge in [0.2, 0.25) is 5.91 Å². The molecule has 1 fully saturated rings. The van der Waals surface area contributed by atoms with E-state index in [4.69, 9.17) is 28.9 Å². The van der Waals surface area contributed by atoms with Gasteiger partial charge in [-0.05, 0) is 42.0 Å². The van der Waals surface area contributed by atoms with Gasteiger partial charge in [-0.1, -0.05) is 35.3 Å². The average molecular weight is 499 g/mol. The van der Waals surface area contributed by atoms with E-state index in [0.29, 0.717) is 65.7 Å². The fraction of sp³-hybridized carbons (Fsp3) is 0.240. The number of benzene rings is 2. The maximum atomic E-state index is 13.6. The first-order chi connectivity index (χ1) is 16.4. The number of pyridine rings is 1. The van der Waals surface area contributed by atoms with Crippen molar-refractivity contribution in [3.05, 3.63) is 75.9 Å². The van der Waals surface area contributed by atoms with Crippen LogP contribution < -0.4 is 5.73 Å². The largest absolute Gasteiger partial charge is 0.395 e. The highest BCUT2D eigenvalue weighted by Gasteiger charge is 2.27. The molecule has 7 nitrogen and oxygen atoms in total. The Morgan fingerprint density at radius 1 is 1.00 bits per heavy atom. The van der Waals surface area contributed by atoms with E-state index in [-0.39, 0.29) is 23.1 Å².